The quantitative estimate of drug-likeness (QED) is 0.521. The van der Waals surface area contributed by atoms with Crippen LogP contribution in [0, 0.1) is 5.92 Å². The molecule has 0 saturated carbocycles. The zero-order valence-corrected chi connectivity index (χ0v) is 14.8. The molecule has 1 saturated heterocycles. The minimum Gasteiger partial charge on any atom is -0.383 e. The van der Waals surface area contributed by atoms with Crippen LogP contribution in [-0.2, 0) is 14.3 Å². The van der Waals surface area contributed by atoms with Gasteiger partial charge in [0.15, 0.2) is 0 Å². The first-order valence-corrected chi connectivity index (χ1v) is 8.47. The highest BCUT2D eigenvalue weighted by Crippen LogP contribution is 2.27. The lowest BCUT2D eigenvalue weighted by Crippen LogP contribution is -2.39. The molecule has 0 aromatic heterocycles. The Morgan fingerprint density at radius 3 is 2.96 bits per heavy atom. The normalized spacial score (nSPS) is 17.6. The van der Waals surface area contributed by atoms with Crippen LogP contribution in [0.25, 0.3) is 0 Å². The van der Waals surface area contributed by atoms with E-state index in [0.717, 1.165) is 16.7 Å². The van der Waals surface area contributed by atoms with Gasteiger partial charge in [0.1, 0.15) is 5.92 Å². The molecule has 1 aromatic rings. The topological polar surface area (TPSA) is 70.7 Å². The van der Waals surface area contributed by atoms with Crippen LogP contribution < -0.4 is 15.5 Å². The van der Waals surface area contributed by atoms with Crippen molar-refractivity contribution in [2.75, 3.05) is 44.8 Å². The minimum atomic E-state index is -0.590. The average Bonchev–Trinajstić information content (AvgIpc) is 2.92. The van der Waals surface area contributed by atoms with Gasteiger partial charge in [0.05, 0.1) is 6.61 Å². The number of carbonyl (C=O) groups excluding carboxylic acids is 2. The summed E-state index contributed by atoms with van der Waals surface area (Å²) in [6.07, 6.45) is 0.550. The average molecular weight is 384 g/mol. The lowest BCUT2D eigenvalue weighted by atomic mass is 10.1. The fraction of sp³-hybridized carbons (Fsp3) is 0.500. The molecule has 6 nitrogen and oxygen atoms in total. The predicted octanol–water partition coefficient (Wildman–Crippen LogP) is 1.15. The molecule has 1 heterocycles. The Morgan fingerprint density at radius 2 is 2.22 bits per heavy atom. The summed E-state index contributed by atoms with van der Waals surface area (Å²) in [5.74, 6) is -0.915. The van der Waals surface area contributed by atoms with Gasteiger partial charge in [-0.25, -0.2) is 0 Å². The number of hydrogen-bond acceptors (Lipinski definition) is 4. The maximum Gasteiger partial charge on any atom is 0.239 e. The second-order valence-corrected chi connectivity index (χ2v) is 6.26. The zero-order chi connectivity index (χ0) is 16.7. The van der Waals surface area contributed by atoms with E-state index in [0.29, 0.717) is 32.7 Å². The predicted molar refractivity (Wildman–Crippen MR) is 92.4 cm³/mol. The molecular formula is C16H22BrN3O3. The van der Waals surface area contributed by atoms with Crippen LogP contribution in [0.5, 0.6) is 0 Å². The molecule has 0 bridgehead atoms. The Bertz CT molecular complexity index is 553. The molecule has 0 aliphatic carbocycles. The maximum atomic E-state index is 12.5. The fourth-order valence-corrected chi connectivity index (χ4v) is 2.91. The van der Waals surface area contributed by atoms with Crippen molar-refractivity contribution < 1.29 is 14.3 Å². The minimum absolute atomic E-state index is 0.132. The summed E-state index contributed by atoms with van der Waals surface area (Å²) in [4.78, 5) is 26.3. The first kappa shape index (κ1) is 17.9. The van der Waals surface area contributed by atoms with Gasteiger partial charge in [0, 0.05) is 43.4 Å². The van der Waals surface area contributed by atoms with Gasteiger partial charge in [-0.3, -0.25) is 9.59 Å². The van der Waals surface area contributed by atoms with Crippen LogP contribution in [0.2, 0.25) is 0 Å². The maximum absolute atomic E-state index is 12.5. The van der Waals surface area contributed by atoms with Crippen molar-refractivity contribution in [3.63, 3.8) is 0 Å². The highest BCUT2D eigenvalue weighted by Gasteiger charge is 2.37. The molecule has 1 fully saturated rings. The Kier molecular flexibility index (Phi) is 7.01. The van der Waals surface area contributed by atoms with Crippen molar-refractivity contribution in [2.24, 2.45) is 5.92 Å². The zero-order valence-electron chi connectivity index (χ0n) is 13.2. The van der Waals surface area contributed by atoms with Gasteiger partial charge in [-0.15, -0.1) is 0 Å². The van der Waals surface area contributed by atoms with E-state index in [4.69, 9.17) is 4.74 Å². The number of benzene rings is 1. The van der Waals surface area contributed by atoms with Gasteiger partial charge < -0.3 is 20.3 Å². The molecule has 2 amide bonds. The molecule has 0 spiro atoms. The van der Waals surface area contributed by atoms with E-state index < -0.39 is 5.92 Å². The molecule has 1 aromatic carbocycles. The van der Waals surface area contributed by atoms with E-state index in [1.807, 2.05) is 24.3 Å². The summed E-state index contributed by atoms with van der Waals surface area (Å²) in [5, 5.41) is 5.96. The summed E-state index contributed by atoms with van der Waals surface area (Å²) >= 11 is 3.40. The smallest absolute Gasteiger partial charge is 0.239 e. The molecule has 0 radical (unpaired) electrons. The third kappa shape index (κ3) is 5.02. The van der Waals surface area contributed by atoms with Crippen LogP contribution in [-0.4, -0.2) is 51.7 Å². The number of rotatable bonds is 8. The van der Waals surface area contributed by atoms with Crippen molar-refractivity contribution in [1.29, 1.82) is 0 Å². The SMILES string of the molecule is COCCNCCNC(=O)C1CCN(c2cccc(Br)c2)C1=O. The van der Waals surface area contributed by atoms with Crippen LogP contribution in [0.3, 0.4) is 0 Å². The van der Waals surface area contributed by atoms with Gasteiger partial charge in [-0.05, 0) is 24.6 Å². The van der Waals surface area contributed by atoms with E-state index in [2.05, 4.69) is 26.6 Å². The van der Waals surface area contributed by atoms with Crippen molar-refractivity contribution in [2.45, 2.75) is 6.42 Å². The molecule has 1 unspecified atom stereocenters. The number of amides is 2. The third-order valence-electron chi connectivity index (χ3n) is 3.73. The Labute approximate surface area is 144 Å². The van der Waals surface area contributed by atoms with Crippen LogP contribution in [0.1, 0.15) is 6.42 Å². The highest BCUT2D eigenvalue weighted by atomic mass is 79.9. The monoisotopic (exact) mass is 383 g/mol. The molecule has 1 aliphatic rings. The Hall–Kier alpha value is -1.44. The Balaban J connectivity index is 1.80. The summed E-state index contributed by atoms with van der Waals surface area (Å²) in [6.45, 7) is 3.11. The lowest BCUT2D eigenvalue weighted by Gasteiger charge is -2.17. The number of methoxy groups -OCH3 is 1. The van der Waals surface area contributed by atoms with E-state index in [1.165, 1.54) is 0 Å². The van der Waals surface area contributed by atoms with Crippen molar-refractivity contribution in [3.8, 4) is 0 Å². The van der Waals surface area contributed by atoms with Gasteiger partial charge in [0.2, 0.25) is 11.8 Å². The van der Waals surface area contributed by atoms with E-state index >= 15 is 0 Å². The molecule has 126 valence electrons. The van der Waals surface area contributed by atoms with Crippen LogP contribution in [0.4, 0.5) is 5.69 Å². The number of nitrogens with one attached hydrogen (secondary N) is 2. The van der Waals surface area contributed by atoms with Crippen molar-refractivity contribution in [3.05, 3.63) is 28.7 Å². The largest absolute Gasteiger partial charge is 0.383 e. The number of carbonyl (C=O) groups is 2. The van der Waals surface area contributed by atoms with Gasteiger partial charge in [-0.2, -0.15) is 0 Å². The summed E-state index contributed by atoms with van der Waals surface area (Å²) in [6, 6.07) is 7.55. The number of nitrogens with zero attached hydrogens (tertiary/aromatic N) is 1. The first-order chi connectivity index (χ1) is 11.1. The Morgan fingerprint density at radius 1 is 1.39 bits per heavy atom. The molecule has 2 rings (SSSR count). The molecule has 1 atom stereocenters. The van der Waals surface area contributed by atoms with Crippen molar-refractivity contribution in [1.82, 2.24) is 10.6 Å². The second-order valence-electron chi connectivity index (χ2n) is 5.34. The van der Waals surface area contributed by atoms with Gasteiger partial charge in [0.25, 0.3) is 0 Å². The first-order valence-electron chi connectivity index (χ1n) is 7.68. The second kappa shape index (κ2) is 9.00. The van der Waals surface area contributed by atoms with Crippen LogP contribution >= 0.6 is 15.9 Å². The third-order valence-corrected chi connectivity index (χ3v) is 4.22. The molecule has 23 heavy (non-hydrogen) atoms. The molecular weight excluding hydrogens is 362 g/mol. The summed E-state index contributed by atoms with van der Waals surface area (Å²) in [5.41, 5.74) is 0.820. The van der Waals surface area contributed by atoms with Gasteiger partial charge >= 0.3 is 0 Å². The standard InChI is InChI=1S/C16H22BrN3O3/c1-23-10-8-18-6-7-19-15(21)14-5-9-20(16(14)22)13-4-2-3-12(17)11-13/h2-4,11,14,18H,5-10H2,1H3,(H,19,21). The number of hydrogen-bond donors (Lipinski definition) is 2. The molecule has 7 heteroatoms. The number of anilines is 1. The van der Waals surface area contributed by atoms with E-state index in [-0.39, 0.29) is 11.8 Å². The number of halogens is 1. The van der Waals surface area contributed by atoms with E-state index in [1.54, 1.807) is 12.0 Å². The molecule has 2 N–H and O–H groups in total. The highest BCUT2D eigenvalue weighted by molar-refractivity contribution is 9.10. The lowest BCUT2D eigenvalue weighted by molar-refractivity contribution is -0.132. The summed E-state index contributed by atoms with van der Waals surface area (Å²) in [7, 11) is 1.65. The molecule has 1 aliphatic heterocycles. The van der Waals surface area contributed by atoms with E-state index in [9.17, 15) is 9.59 Å². The summed E-state index contributed by atoms with van der Waals surface area (Å²) < 4.78 is 5.84. The number of ether oxygens (including phenoxy) is 1. The van der Waals surface area contributed by atoms with Crippen LogP contribution in [0.15, 0.2) is 28.7 Å². The van der Waals surface area contributed by atoms with Crippen molar-refractivity contribution >= 4 is 33.4 Å². The van der Waals surface area contributed by atoms with Gasteiger partial charge in [-0.1, -0.05) is 22.0 Å². The fourth-order valence-electron chi connectivity index (χ4n) is 2.52.